The zero-order chi connectivity index (χ0) is 46.8. The molecule has 0 N–H and O–H groups in total. The van der Waals surface area contributed by atoms with Gasteiger partial charge in [0.05, 0.1) is 16.7 Å². The van der Waals surface area contributed by atoms with Crippen molar-refractivity contribution in [1.82, 2.24) is 4.57 Å². The third-order valence-electron chi connectivity index (χ3n) is 14.4. The zero-order valence-electron chi connectivity index (χ0n) is 38.7. The number of para-hydroxylation sites is 5. The topological polar surface area (TPSA) is 21.3 Å². The van der Waals surface area contributed by atoms with Crippen LogP contribution >= 0.6 is 0 Å². The van der Waals surface area contributed by atoms with E-state index in [0.29, 0.717) is 0 Å². The van der Waals surface area contributed by atoms with Crippen molar-refractivity contribution in [2.75, 3.05) is 4.90 Å². The molecule has 0 atom stereocenters. The molecule has 0 aliphatic rings. The smallest absolute Gasteiger partial charge is 0.143 e. The normalized spacial score (nSPS) is 11.7. The Hall–Kier alpha value is -9.44. The van der Waals surface area contributed by atoms with Crippen LogP contribution in [0.5, 0.6) is 0 Å². The standard InChI is InChI=1S/C68H44N2O/c1-2-21-53-48(17-1)44-63(57-24-6-5-22-55(53)57)46-37-41-50(42-38-46)69(51-19-15-18-47(43-51)54-29-16-30-62-61-28-10-14-34-67(61)71-68(54)62)49-39-35-45(36-40-49)52-20-3-4-23-56(52)58-25-7-11-31-64(58)70-65-32-12-8-26-59(65)60-27-9-13-33-66(60)70/h1-44H. The molecule has 3 nitrogen and oxygen atoms in total. The number of fused-ring (bicyclic) bond motifs is 9. The predicted molar refractivity (Wildman–Crippen MR) is 299 cm³/mol. The summed E-state index contributed by atoms with van der Waals surface area (Å²) in [7, 11) is 0. The van der Waals surface area contributed by atoms with E-state index in [4.69, 9.17) is 4.42 Å². The van der Waals surface area contributed by atoms with E-state index >= 15 is 0 Å². The molecule has 14 aromatic rings. The van der Waals surface area contributed by atoms with E-state index in [0.717, 1.165) is 61.4 Å². The fourth-order valence-electron chi connectivity index (χ4n) is 11.2. The first-order valence-electron chi connectivity index (χ1n) is 24.3. The molecular formula is C68H44N2O. The third-order valence-corrected chi connectivity index (χ3v) is 14.4. The van der Waals surface area contributed by atoms with Crippen LogP contribution < -0.4 is 4.90 Å². The van der Waals surface area contributed by atoms with Gasteiger partial charge in [-0.05, 0) is 122 Å². The van der Waals surface area contributed by atoms with Gasteiger partial charge in [0.15, 0.2) is 0 Å². The number of rotatable bonds is 8. The summed E-state index contributed by atoms with van der Waals surface area (Å²) in [5, 5.41) is 9.76. The van der Waals surface area contributed by atoms with Gasteiger partial charge < -0.3 is 13.9 Å². The highest BCUT2D eigenvalue weighted by Crippen LogP contribution is 2.44. The van der Waals surface area contributed by atoms with Crippen LogP contribution in [0.25, 0.3) is 115 Å². The molecule has 0 aliphatic heterocycles. The first-order chi connectivity index (χ1) is 35.2. The minimum absolute atomic E-state index is 0.892. The molecule has 0 amide bonds. The fourth-order valence-corrected chi connectivity index (χ4v) is 11.2. The average molecular weight is 905 g/mol. The van der Waals surface area contributed by atoms with Crippen molar-refractivity contribution in [3.8, 4) is 50.2 Å². The second-order valence-corrected chi connectivity index (χ2v) is 18.4. The second kappa shape index (κ2) is 16.7. The second-order valence-electron chi connectivity index (χ2n) is 18.4. The summed E-state index contributed by atoms with van der Waals surface area (Å²) in [6.07, 6.45) is 0. The summed E-state index contributed by atoms with van der Waals surface area (Å²) < 4.78 is 8.99. The van der Waals surface area contributed by atoms with Gasteiger partial charge in [0, 0.05) is 49.7 Å². The summed E-state index contributed by atoms with van der Waals surface area (Å²) in [5.74, 6) is 0. The lowest BCUT2D eigenvalue weighted by Crippen LogP contribution is -2.10. The summed E-state index contributed by atoms with van der Waals surface area (Å²) in [6.45, 7) is 0. The Morgan fingerprint density at radius 1 is 0.282 bits per heavy atom. The Balaban J connectivity index is 0.895. The molecule has 0 fully saturated rings. The minimum atomic E-state index is 0.892. The van der Waals surface area contributed by atoms with Crippen LogP contribution in [0.3, 0.4) is 0 Å². The summed E-state index contributed by atoms with van der Waals surface area (Å²) >= 11 is 0. The number of hydrogen-bond donors (Lipinski definition) is 0. The number of furan rings is 1. The Kier molecular flexibility index (Phi) is 9.53. The van der Waals surface area contributed by atoms with E-state index < -0.39 is 0 Å². The molecule has 0 aliphatic carbocycles. The van der Waals surface area contributed by atoms with Gasteiger partial charge in [-0.1, -0.05) is 200 Å². The van der Waals surface area contributed by atoms with Gasteiger partial charge in [0.2, 0.25) is 0 Å². The van der Waals surface area contributed by atoms with Gasteiger partial charge in [-0.15, -0.1) is 0 Å². The first-order valence-corrected chi connectivity index (χ1v) is 24.3. The Labute approximate surface area is 411 Å². The largest absolute Gasteiger partial charge is 0.455 e. The van der Waals surface area contributed by atoms with Gasteiger partial charge in [-0.2, -0.15) is 0 Å². The molecule has 71 heavy (non-hydrogen) atoms. The number of hydrogen-bond acceptors (Lipinski definition) is 2. The molecule has 332 valence electrons. The van der Waals surface area contributed by atoms with Crippen molar-refractivity contribution in [2.24, 2.45) is 0 Å². The Morgan fingerprint density at radius 3 is 1.54 bits per heavy atom. The summed E-state index contributed by atoms with van der Waals surface area (Å²) in [5.41, 5.74) is 17.7. The third kappa shape index (κ3) is 6.74. The molecule has 2 aromatic heterocycles. The number of benzene rings is 12. The number of aromatic nitrogens is 1. The van der Waals surface area contributed by atoms with Crippen LogP contribution in [-0.4, -0.2) is 4.57 Å². The molecule has 0 spiro atoms. The molecule has 0 radical (unpaired) electrons. The molecule has 3 heteroatoms. The van der Waals surface area contributed by atoms with Crippen LogP contribution in [0.1, 0.15) is 0 Å². The Bertz CT molecular complexity index is 4290. The van der Waals surface area contributed by atoms with E-state index in [-0.39, 0.29) is 0 Å². The van der Waals surface area contributed by atoms with Crippen LogP contribution in [0, 0.1) is 0 Å². The number of anilines is 3. The van der Waals surface area contributed by atoms with Gasteiger partial charge in [0.1, 0.15) is 11.2 Å². The monoisotopic (exact) mass is 904 g/mol. The van der Waals surface area contributed by atoms with Crippen molar-refractivity contribution >= 4 is 82.4 Å². The van der Waals surface area contributed by atoms with Crippen LogP contribution in [0.2, 0.25) is 0 Å². The van der Waals surface area contributed by atoms with E-state index in [2.05, 4.69) is 264 Å². The van der Waals surface area contributed by atoms with Gasteiger partial charge in [0.25, 0.3) is 0 Å². The van der Waals surface area contributed by atoms with Crippen LogP contribution in [-0.2, 0) is 0 Å². The first kappa shape index (κ1) is 40.6. The van der Waals surface area contributed by atoms with Crippen molar-refractivity contribution in [2.45, 2.75) is 0 Å². The van der Waals surface area contributed by atoms with Crippen molar-refractivity contribution < 1.29 is 4.42 Å². The zero-order valence-corrected chi connectivity index (χ0v) is 38.7. The molecule has 12 aromatic carbocycles. The number of nitrogens with zero attached hydrogens (tertiary/aromatic N) is 2. The lowest BCUT2D eigenvalue weighted by Gasteiger charge is -2.27. The molecule has 0 saturated heterocycles. The van der Waals surface area contributed by atoms with Crippen molar-refractivity contribution in [3.63, 3.8) is 0 Å². The van der Waals surface area contributed by atoms with Gasteiger partial charge >= 0.3 is 0 Å². The minimum Gasteiger partial charge on any atom is -0.455 e. The van der Waals surface area contributed by atoms with E-state index in [1.807, 2.05) is 12.1 Å². The highest BCUT2D eigenvalue weighted by Gasteiger charge is 2.20. The van der Waals surface area contributed by atoms with E-state index in [1.165, 1.54) is 71.2 Å². The summed E-state index contributed by atoms with van der Waals surface area (Å²) in [6, 6.07) is 96.7. The lowest BCUT2D eigenvalue weighted by atomic mass is 9.93. The molecule has 0 saturated carbocycles. The quantitative estimate of drug-likeness (QED) is 0.142. The molecule has 2 heterocycles. The maximum atomic E-state index is 6.57. The molecule has 14 rings (SSSR count). The van der Waals surface area contributed by atoms with Gasteiger partial charge in [-0.3, -0.25) is 0 Å². The van der Waals surface area contributed by atoms with Crippen molar-refractivity contribution in [3.05, 3.63) is 267 Å². The average Bonchev–Trinajstić information content (AvgIpc) is 4.00. The van der Waals surface area contributed by atoms with Crippen molar-refractivity contribution in [1.29, 1.82) is 0 Å². The van der Waals surface area contributed by atoms with Crippen LogP contribution in [0.15, 0.2) is 271 Å². The molecule has 0 bridgehead atoms. The maximum Gasteiger partial charge on any atom is 0.143 e. The highest BCUT2D eigenvalue weighted by atomic mass is 16.3. The molecule has 0 unspecified atom stereocenters. The van der Waals surface area contributed by atoms with Gasteiger partial charge in [-0.25, -0.2) is 0 Å². The fraction of sp³-hybridized carbons (Fsp3) is 0. The summed E-state index contributed by atoms with van der Waals surface area (Å²) in [4.78, 5) is 2.37. The molecular weight excluding hydrogens is 861 g/mol. The SMILES string of the molecule is c1cc(-c2cccc3c2oc2ccccc23)cc(N(c2ccc(-c3ccccc3-c3ccccc3-n3c4ccccc4c4ccccc43)cc2)c2ccc(-c3cc4ccccc4c4ccccc34)cc2)c1. The Morgan fingerprint density at radius 2 is 0.803 bits per heavy atom. The van der Waals surface area contributed by atoms with Crippen LogP contribution in [0.4, 0.5) is 17.1 Å². The van der Waals surface area contributed by atoms with E-state index in [9.17, 15) is 0 Å². The predicted octanol–water partition coefficient (Wildman–Crippen LogP) is 19.1. The lowest BCUT2D eigenvalue weighted by molar-refractivity contribution is 0.670. The highest BCUT2D eigenvalue weighted by molar-refractivity contribution is 6.14. The maximum absolute atomic E-state index is 6.57. The van der Waals surface area contributed by atoms with E-state index in [1.54, 1.807) is 0 Å².